The minimum absolute atomic E-state index is 0.166. The maximum absolute atomic E-state index is 11.5. The molecule has 0 aromatic rings. The largest absolute Gasteiger partial charge is 0.468 e. The number of nitrogens with two attached hydrogens (primary N) is 1. The summed E-state index contributed by atoms with van der Waals surface area (Å²) in [6.07, 6.45) is 3.52. The van der Waals surface area contributed by atoms with Gasteiger partial charge in [0, 0.05) is 12.1 Å². The van der Waals surface area contributed by atoms with Gasteiger partial charge in [-0.05, 0) is 12.8 Å². The minimum Gasteiger partial charge on any atom is -0.468 e. The minimum atomic E-state index is -3.63. The number of rotatable bonds is 4. The molecule has 0 spiro atoms. The van der Waals surface area contributed by atoms with E-state index < -0.39 is 21.7 Å². The molecule has 16 heavy (non-hydrogen) atoms. The molecule has 1 rings (SSSR count). The molecular formula is C9H18N2O4S. The van der Waals surface area contributed by atoms with Crippen LogP contribution in [0.3, 0.4) is 0 Å². The van der Waals surface area contributed by atoms with Crippen molar-refractivity contribution in [3.8, 4) is 0 Å². The Labute approximate surface area is 95.6 Å². The second-order valence-corrected chi connectivity index (χ2v) is 5.76. The van der Waals surface area contributed by atoms with E-state index in [4.69, 9.17) is 5.73 Å². The molecule has 7 heteroatoms. The van der Waals surface area contributed by atoms with Gasteiger partial charge in [-0.25, -0.2) is 13.1 Å². The van der Waals surface area contributed by atoms with Crippen molar-refractivity contribution in [2.75, 3.05) is 12.9 Å². The average molecular weight is 250 g/mol. The fraction of sp³-hybridized carbons (Fsp3) is 0.889. The Hall–Kier alpha value is -0.660. The van der Waals surface area contributed by atoms with Crippen molar-refractivity contribution < 1.29 is 17.9 Å². The van der Waals surface area contributed by atoms with Crippen LogP contribution in [0.5, 0.6) is 0 Å². The Balaban J connectivity index is 2.54. The lowest BCUT2D eigenvalue weighted by atomic mass is 9.92. The summed E-state index contributed by atoms with van der Waals surface area (Å²) in [7, 11) is -2.47. The summed E-state index contributed by atoms with van der Waals surface area (Å²) >= 11 is 0. The third-order valence-electron chi connectivity index (χ3n) is 2.69. The zero-order valence-electron chi connectivity index (χ0n) is 9.31. The molecule has 1 fully saturated rings. The average Bonchev–Trinajstić information content (AvgIpc) is 2.20. The maximum atomic E-state index is 11.5. The number of methoxy groups -OCH3 is 1. The zero-order valence-corrected chi connectivity index (χ0v) is 10.1. The van der Waals surface area contributed by atoms with Crippen molar-refractivity contribution in [1.82, 2.24) is 4.72 Å². The van der Waals surface area contributed by atoms with Gasteiger partial charge in [-0.1, -0.05) is 12.8 Å². The number of hydrogen-bond donors (Lipinski definition) is 2. The van der Waals surface area contributed by atoms with Crippen LogP contribution in [0.15, 0.2) is 0 Å². The summed E-state index contributed by atoms with van der Waals surface area (Å²) in [6, 6.07) is -0.426. The molecule has 0 aromatic carbocycles. The van der Waals surface area contributed by atoms with Crippen molar-refractivity contribution in [2.24, 2.45) is 5.73 Å². The molecule has 0 aliphatic heterocycles. The summed E-state index contributed by atoms with van der Waals surface area (Å²) in [5.41, 5.74) is 5.81. The smallest absolute Gasteiger partial charge is 0.322 e. The molecule has 0 radical (unpaired) electrons. The molecule has 3 N–H and O–H groups in total. The van der Waals surface area contributed by atoms with Crippen molar-refractivity contribution in [3.63, 3.8) is 0 Å². The van der Waals surface area contributed by atoms with Gasteiger partial charge >= 0.3 is 5.97 Å². The second-order valence-electron chi connectivity index (χ2n) is 4.01. The Morgan fingerprint density at radius 2 is 2.06 bits per heavy atom. The Morgan fingerprint density at radius 1 is 1.44 bits per heavy atom. The molecule has 1 saturated carbocycles. The molecule has 1 aliphatic carbocycles. The Morgan fingerprint density at radius 3 is 2.62 bits per heavy atom. The lowest BCUT2D eigenvalue weighted by Gasteiger charge is -2.28. The molecule has 0 aromatic heterocycles. The summed E-state index contributed by atoms with van der Waals surface area (Å²) in [5, 5.41) is 0. The molecule has 0 amide bonds. The predicted molar refractivity (Wildman–Crippen MR) is 59.2 cm³/mol. The second kappa shape index (κ2) is 5.60. The number of ether oxygens (including phenoxy) is 1. The number of esters is 1. The lowest BCUT2D eigenvalue weighted by Crippen LogP contribution is -2.50. The van der Waals surface area contributed by atoms with E-state index in [1.807, 2.05) is 0 Å². The molecular weight excluding hydrogens is 232 g/mol. The van der Waals surface area contributed by atoms with E-state index in [0.717, 1.165) is 32.8 Å². The molecule has 2 unspecified atom stereocenters. The van der Waals surface area contributed by atoms with Crippen LogP contribution in [0.2, 0.25) is 0 Å². The van der Waals surface area contributed by atoms with Crippen molar-refractivity contribution in [3.05, 3.63) is 0 Å². The number of hydrogen-bond acceptors (Lipinski definition) is 5. The van der Waals surface area contributed by atoms with Crippen LogP contribution < -0.4 is 10.5 Å². The van der Waals surface area contributed by atoms with Crippen molar-refractivity contribution in [1.29, 1.82) is 0 Å². The van der Waals surface area contributed by atoms with Crippen LogP contribution in [0, 0.1) is 0 Å². The Kier molecular flexibility index (Phi) is 4.69. The van der Waals surface area contributed by atoms with Gasteiger partial charge in [-0.3, -0.25) is 4.79 Å². The van der Waals surface area contributed by atoms with Crippen LogP contribution in [-0.2, 0) is 19.6 Å². The van der Waals surface area contributed by atoms with E-state index in [-0.39, 0.29) is 12.1 Å². The quantitative estimate of drug-likeness (QED) is 0.646. The number of carbonyl (C=O) groups is 1. The van der Waals surface area contributed by atoms with Gasteiger partial charge in [-0.15, -0.1) is 0 Å². The van der Waals surface area contributed by atoms with Gasteiger partial charge < -0.3 is 10.5 Å². The van der Waals surface area contributed by atoms with E-state index in [1.165, 1.54) is 0 Å². The van der Waals surface area contributed by atoms with E-state index in [2.05, 4.69) is 9.46 Å². The number of carbonyl (C=O) groups excluding carboxylic acids is 1. The highest BCUT2D eigenvalue weighted by atomic mass is 32.2. The van der Waals surface area contributed by atoms with Gasteiger partial charge in [0.15, 0.2) is 5.75 Å². The molecule has 0 bridgehead atoms. The van der Waals surface area contributed by atoms with E-state index >= 15 is 0 Å². The molecule has 0 saturated heterocycles. The monoisotopic (exact) mass is 250 g/mol. The van der Waals surface area contributed by atoms with Gasteiger partial charge in [-0.2, -0.15) is 0 Å². The summed E-state index contributed by atoms with van der Waals surface area (Å²) in [4.78, 5) is 10.9. The molecule has 2 atom stereocenters. The SMILES string of the molecule is COC(=O)CS(=O)(=O)NC1CCCCC1N. The highest BCUT2D eigenvalue weighted by molar-refractivity contribution is 7.90. The molecule has 0 heterocycles. The lowest BCUT2D eigenvalue weighted by molar-refractivity contribution is -0.137. The third-order valence-corrected chi connectivity index (χ3v) is 3.96. The van der Waals surface area contributed by atoms with Crippen molar-refractivity contribution in [2.45, 2.75) is 37.8 Å². The predicted octanol–water partition coefficient (Wildman–Crippen LogP) is -0.651. The normalized spacial score (nSPS) is 26.4. The number of nitrogens with one attached hydrogen (secondary N) is 1. The third kappa shape index (κ3) is 4.07. The molecule has 1 aliphatic rings. The van der Waals surface area contributed by atoms with E-state index in [9.17, 15) is 13.2 Å². The first kappa shape index (κ1) is 13.4. The van der Waals surface area contributed by atoms with Crippen LogP contribution in [-0.4, -0.2) is 39.3 Å². The first-order chi connectivity index (χ1) is 7.44. The highest BCUT2D eigenvalue weighted by Crippen LogP contribution is 2.17. The van der Waals surface area contributed by atoms with Gasteiger partial charge in [0.05, 0.1) is 7.11 Å². The summed E-state index contributed by atoms with van der Waals surface area (Å²) in [5.74, 6) is -1.41. The van der Waals surface area contributed by atoms with E-state index in [1.54, 1.807) is 0 Å². The number of sulfonamides is 1. The Bertz CT molecular complexity index is 341. The zero-order chi connectivity index (χ0) is 12.2. The fourth-order valence-corrected chi connectivity index (χ4v) is 3.06. The maximum Gasteiger partial charge on any atom is 0.322 e. The van der Waals surface area contributed by atoms with E-state index in [0.29, 0.717) is 0 Å². The standard InChI is InChI=1S/C9H18N2O4S/c1-15-9(12)6-16(13,14)11-8-5-3-2-4-7(8)10/h7-8,11H,2-6,10H2,1H3. The first-order valence-corrected chi connectivity index (χ1v) is 6.92. The van der Waals surface area contributed by atoms with Crippen LogP contribution >= 0.6 is 0 Å². The van der Waals surface area contributed by atoms with Gasteiger partial charge in [0.25, 0.3) is 0 Å². The summed E-state index contributed by atoms with van der Waals surface area (Å²) in [6.45, 7) is 0. The topological polar surface area (TPSA) is 98.5 Å². The summed E-state index contributed by atoms with van der Waals surface area (Å²) < 4.78 is 29.9. The van der Waals surface area contributed by atoms with Crippen molar-refractivity contribution >= 4 is 16.0 Å². The fourth-order valence-electron chi connectivity index (χ4n) is 1.79. The molecule has 6 nitrogen and oxygen atoms in total. The van der Waals surface area contributed by atoms with Crippen LogP contribution in [0.1, 0.15) is 25.7 Å². The first-order valence-electron chi connectivity index (χ1n) is 5.27. The van der Waals surface area contributed by atoms with Gasteiger partial charge in [0.2, 0.25) is 10.0 Å². The van der Waals surface area contributed by atoms with Gasteiger partial charge in [0.1, 0.15) is 0 Å². The molecule has 94 valence electrons. The van der Waals surface area contributed by atoms with Crippen LogP contribution in [0.4, 0.5) is 0 Å². The highest BCUT2D eigenvalue weighted by Gasteiger charge is 2.27. The van der Waals surface area contributed by atoms with Crippen LogP contribution in [0.25, 0.3) is 0 Å².